The van der Waals surface area contributed by atoms with Crippen molar-refractivity contribution in [3.05, 3.63) is 30.6 Å². The maximum atomic E-state index is 5.90. The number of rotatable bonds is 8. The van der Waals surface area contributed by atoms with E-state index in [2.05, 4.69) is 27.5 Å². The molecule has 0 amide bonds. The Labute approximate surface area is 136 Å². The Hall–Kier alpha value is -2.54. The van der Waals surface area contributed by atoms with Gasteiger partial charge in [0.1, 0.15) is 29.5 Å². The molecule has 0 fully saturated rings. The van der Waals surface area contributed by atoms with E-state index in [4.69, 9.17) is 15.2 Å². The van der Waals surface area contributed by atoms with Crippen molar-refractivity contribution in [1.29, 1.82) is 0 Å². The monoisotopic (exact) mass is 317 g/mol. The molecule has 7 heteroatoms. The van der Waals surface area contributed by atoms with Crippen molar-refractivity contribution in [1.82, 2.24) is 9.97 Å². The van der Waals surface area contributed by atoms with Gasteiger partial charge in [0, 0.05) is 24.7 Å². The predicted octanol–water partition coefficient (Wildman–Crippen LogP) is 2.39. The van der Waals surface area contributed by atoms with E-state index in [9.17, 15) is 0 Å². The Bertz CT molecular complexity index is 636. The minimum Gasteiger partial charge on any atom is -0.497 e. The van der Waals surface area contributed by atoms with Crippen molar-refractivity contribution >= 4 is 17.3 Å². The zero-order valence-electron chi connectivity index (χ0n) is 13.7. The molecule has 124 valence electrons. The maximum Gasteiger partial charge on any atom is 0.146 e. The van der Waals surface area contributed by atoms with Crippen LogP contribution in [0.25, 0.3) is 0 Å². The van der Waals surface area contributed by atoms with Crippen LogP contribution in [0.15, 0.2) is 30.6 Å². The summed E-state index contributed by atoms with van der Waals surface area (Å²) >= 11 is 0. The summed E-state index contributed by atoms with van der Waals surface area (Å²) in [5, 5.41) is 6.41. The van der Waals surface area contributed by atoms with Crippen LogP contribution in [0, 0.1) is 0 Å². The molecule has 7 nitrogen and oxygen atoms in total. The average Bonchev–Trinajstić information content (AvgIpc) is 2.60. The van der Waals surface area contributed by atoms with Crippen molar-refractivity contribution in [3.8, 4) is 11.5 Å². The molecule has 1 unspecified atom stereocenters. The molecule has 0 aliphatic rings. The van der Waals surface area contributed by atoms with Crippen molar-refractivity contribution in [2.75, 3.05) is 31.4 Å². The highest BCUT2D eigenvalue weighted by atomic mass is 16.5. The molecule has 2 aromatic rings. The quantitative estimate of drug-likeness (QED) is 0.688. The minimum atomic E-state index is 0.100. The normalized spacial score (nSPS) is 11.7. The van der Waals surface area contributed by atoms with Crippen molar-refractivity contribution in [2.45, 2.75) is 19.4 Å². The van der Waals surface area contributed by atoms with E-state index >= 15 is 0 Å². The van der Waals surface area contributed by atoms with Gasteiger partial charge in [-0.25, -0.2) is 9.97 Å². The number of methoxy groups -OCH3 is 2. The Morgan fingerprint density at radius 1 is 1.13 bits per heavy atom. The highest BCUT2D eigenvalue weighted by Crippen LogP contribution is 2.31. The number of nitrogens with one attached hydrogen (secondary N) is 2. The van der Waals surface area contributed by atoms with Crippen LogP contribution < -0.4 is 25.8 Å². The summed E-state index contributed by atoms with van der Waals surface area (Å²) in [5.41, 5.74) is 6.69. The first-order chi connectivity index (χ1) is 11.2. The van der Waals surface area contributed by atoms with E-state index in [-0.39, 0.29) is 6.04 Å². The number of anilines is 3. The summed E-state index contributed by atoms with van der Waals surface area (Å²) in [4.78, 5) is 8.41. The zero-order valence-corrected chi connectivity index (χ0v) is 13.7. The van der Waals surface area contributed by atoms with Crippen LogP contribution in [0.2, 0.25) is 0 Å². The molecule has 1 aromatic carbocycles. The lowest BCUT2D eigenvalue weighted by Gasteiger charge is -2.13. The smallest absolute Gasteiger partial charge is 0.146 e. The average molecular weight is 317 g/mol. The van der Waals surface area contributed by atoms with Gasteiger partial charge in [-0.1, -0.05) is 6.92 Å². The highest BCUT2D eigenvalue weighted by molar-refractivity contribution is 5.66. The van der Waals surface area contributed by atoms with Gasteiger partial charge in [0.15, 0.2) is 0 Å². The number of ether oxygens (including phenoxy) is 2. The van der Waals surface area contributed by atoms with E-state index in [1.165, 1.54) is 6.33 Å². The molecule has 0 bridgehead atoms. The van der Waals surface area contributed by atoms with Gasteiger partial charge >= 0.3 is 0 Å². The Kier molecular flexibility index (Phi) is 5.99. The number of aromatic nitrogens is 2. The lowest BCUT2D eigenvalue weighted by Crippen LogP contribution is -2.28. The number of benzene rings is 1. The first-order valence-electron chi connectivity index (χ1n) is 7.46. The first-order valence-corrected chi connectivity index (χ1v) is 7.46. The van der Waals surface area contributed by atoms with Crippen LogP contribution in [0.4, 0.5) is 17.3 Å². The number of hydrogen-bond acceptors (Lipinski definition) is 7. The van der Waals surface area contributed by atoms with Crippen LogP contribution in [0.3, 0.4) is 0 Å². The standard InChI is InChI=1S/C16H23N5O2/c1-4-11(17)9-18-15-8-16(20-10-19-15)21-13-6-5-12(22-2)7-14(13)23-3/h5-8,10-11H,4,9,17H2,1-3H3,(H2,18,19,20,21). The summed E-state index contributed by atoms with van der Waals surface area (Å²) in [5.74, 6) is 2.78. The topological polar surface area (TPSA) is 94.3 Å². The summed E-state index contributed by atoms with van der Waals surface area (Å²) in [6.45, 7) is 2.72. The number of nitrogens with two attached hydrogens (primary N) is 1. The molecule has 0 radical (unpaired) electrons. The fraction of sp³-hybridized carbons (Fsp3) is 0.375. The van der Waals surface area contributed by atoms with Gasteiger partial charge < -0.3 is 25.8 Å². The Balaban J connectivity index is 2.11. The summed E-state index contributed by atoms with van der Waals surface area (Å²) in [6, 6.07) is 7.46. The second-order valence-corrected chi connectivity index (χ2v) is 5.03. The minimum absolute atomic E-state index is 0.100. The largest absolute Gasteiger partial charge is 0.497 e. The lowest BCUT2D eigenvalue weighted by molar-refractivity contribution is 0.395. The summed E-state index contributed by atoms with van der Waals surface area (Å²) in [7, 11) is 3.23. The molecule has 0 spiro atoms. The number of hydrogen-bond donors (Lipinski definition) is 3. The molecule has 1 atom stereocenters. The van der Waals surface area contributed by atoms with Crippen LogP contribution in [-0.4, -0.2) is 36.8 Å². The van der Waals surface area contributed by atoms with E-state index in [0.717, 1.165) is 23.7 Å². The van der Waals surface area contributed by atoms with Gasteiger partial charge in [0.2, 0.25) is 0 Å². The van der Waals surface area contributed by atoms with E-state index < -0.39 is 0 Å². The summed E-state index contributed by atoms with van der Waals surface area (Å²) in [6.07, 6.45) is 2.41. The Morgan fingerprint density at radius 3 is 2.61 bits per heavy atom. The molecular formula is C16H23N5O2. The lowest BCUT2D eigenvalue weighted by atomic mass is 10.2. The molecule has 0 aliphatic heterocycles. The molecule has 0 aliphatic carbocycles. The van der Waals surface area contributed by atoms with Gasteiger partial charge in [0.25, 0.3) is 0 Å². The van der Waals surface area contributed by atoms with Crippen LogP contribution in [0.5, 0.6) is 11.5 Å². The van der Waals surface area contributed by atoms with Gasteiger partial charge in [0.05, 0.1) is 19.9 Å². The van der Waals surface area contributed by atoms with Gasteiger partial charge in [-0.15, -0.1) is 0 Å². The fourth-order valence-electron chi connectivity index (χ4n) is 1.94. The molecule has 23 heavy (non-hydrogen) atoms. The predicted molar refractivity (Wildman–Crippen MR) is 91.6 cm³/mol. The van der Waals surface area contributed by atoms with Crippen LogP contribution in [0.1, 0.15) is 13.3 Å². The molecule has 1 heterocycles. The zero-order chi connectivity index (χ0) is 16.7. The van der Waals surface area contributed by atoms with Gasteiger partial charge in [-0.3, -0.25) is 0 Å². The maximum absolute atomic E-state index is 5.90. The van der Waals surface area contributed by atoms with E-state index in [0.29, 0.717) is 18.1 Å². The summed E-state index contributed by atoms with van der Waals surface area (Å²) < 4.78 is 10.6. The Morgan fingerprint density at radius 2 is 1.91 bits per heavy atom. The second kappa shape index (κ2) is 8.19. The second-order valence-electron chi connectivity index (χ2n) is 5.03. The SMILES string of the molecule is CCC(N)CNc1cc(Nc2ccc(OC)cc2OC)ncn1. The van der Waals surface area contributed by atoms with Crippen LogP contribution in [-0.2, 0) is 0 Å². The third kappa shape index (κ3) is 4.72. The molecule has 2 rings (SSSR count). The molecule has 4 N–H and O–H groups in total. The third-order valence-corrected chi connectivity index (χ3v) is 3.41. The third-order valence-electron chi connectivity index (χ3n) is 3.41. The van der Waals surface area contributed by atoms with E-state index in [1.54, 1.807) is 14.2 Å². The highest BCUT2D eigenvalue weighted by Gasteiger charge is 2.07. The van der Waals surface area contributed by atoms with Gasteiger partial charge in [-0.2, -0.15) is 0 Å². The van der Waals surface area contributed by atoms with E-state index in [1.807, 2.05) is 24.3 Å². The van der Waals surface area contributed by atoms with Crippen LogP contribution >= 0.6 is 0 Å². The molecule has 1 aromatic heterocycles. The fourth-order valence-corrected chi connectivity index (χ4v) is 1.94. The molecule has 0 saturated heterocycles. The van der Waals surface area contributed by atoms with Crippen molar-refractivity contribution in [3.63, 3.8) is 0 Å². The van der Waals surface area contributed by atoms with Crippen molar-refractivity contribution < 1.29 is 9.47 Å². The first kappa shape index (κ1) is 16.8. The molecule has 0 saturated carbocycles. The van der Waals surface area contributed by atoms with Crippen molar-refractivity contribution in [2.24, 2.45) is 5.73 Å². The van der Waals surface area contributed by atoms with Gasteiger partial charge in [-0.05, 0) is 18.6 Å². The molecular weight excluding hydrogens is 294 g/mol. The number of nitrogens with zero attached hydrogens (tertiary/aromatic N) is 2.